The molecular weight excluding hydrogens is 250 g/mol. The standard InChI is InChI=1S/C16H19N3O/c1-2-13-3-4-16(17-8-13)19-11-14-7-15(12-19)10-18(9-14)5-6-20/h1,3-4,6,8,14-15H,5,7,9-12H2. The molecule has 3 rings (SSSR count). The van der Waals surface area contributed by atoms with Gasteiger partial charge in [0.25, 0.3) is 0 Å². The molecule has 2 atom stereocenters. The summed E-state index contributed by atoms with van der Waals surface area (Å²) in [7, 11) is 0. The lowest BCUT2D eigenvalue weighted by atomic mass is 9.84. The van der Waals surface area contributed by atoms with Gasteiger partial charge in [0.1, 0.15) is 12.1 Å². The summed E-state index contributed by atoms with van der Waals surface area (Å²) in [5, 5.41) is 0. The van der Waals surface area contributed by atoms with Gasteiger partial charge in [-0.05, 0) is 30.4 Å². The van der Waals surface area contributed by atoms with Crippen LogP contribution in [0, 0.1) is 24.2 Å². The second-order valence-corrected chi connectivity index (χ2v) is 5.81. The first-order chi connectivity index (χ1) is 9.78. The number of aromatic nitrogens is 1. The normalized spacial score (nSPS) is 26.1. The van der Waals surface area contributed by atoms with Crippen LogP contribution in [0.25, 0.3) is 0 Å². The predicted octanol–water partition coefficient (Wildman–Crippen LogP) is 1.02. The molecule has 0 aliphatic carbocycles. The Morgan fingerprint density at radius 3 is 2.60 bits per heavy atom. The molecular formula is C16H19N3O. The van der Waals surface area contributed by atoms with Crippen molar-refractivity contribution in [3.63, 3.8) is 0 Å². The number of nitrogens with zero attached hydrogens (tertiary/aromatic N) is 3. The van der Waals surface area contributed by atoms with Crippen molar-refractivity contribution in [2.45, 2.75) is 6.42 Å². The molecule has 4 nitrogen and oxygen atoms in total. The third-order valence-corrected chi connectivity index (χ3v) is 4.23. The van der Waals surface area contributed by atoms with E-state index in [9.17, 15) is 4.79 Å². The lowest BCUT2D eigenvalue weighted by Gasteiger charge is -2.45. The topological polar surface area (TPSA) is 36.4 Å². The number of rotatable bonds is 3. The number of fused-ring (bicyclic) bond motifs is 2. The number of carbonyl (C=O) groups excluding carboxylic acids is 1. The molecule has 2 saturated heterocycles. The van der Waals surface area contributed by atoms with Gasteiger partial charge in [-0.25, -0.2) is 4.98 Å². The van der Waals surface area contributed by atoms with Crippen molar-refractivity contribution in [1.82, 2.24) is 9.88 Å². The third-order valence-electron chi connectivity index (χ3n) is 4.23. The van der Waals surface area contributed by atoms with Crippen molar-refractivity contribution in [3.8, 4) is 12.3 Å². The SMILES string of the molecule is C#Cc1ccc(N2CC3CC(CN(CC=O)C3)C2)nc1. The first kappa shape index (κ1) is 13.1. The Hall–Kier alpha value is -1.86. The summed E-state index contributed by atoms with van der Waals surface area (Å²) in [5.41, 5.74) is 0.822. The molecule has 2 aliphatic rings. The van der Waals surface area contributed by atoms with E-state index < -0.39 is 0 Å². The van der Waals surface area contributed by atoms with E-state index >= 15 is 0 Å². The van der Waals surface area contributed by atoms with E-state index in [1.54, 1.807) is 6.20 Å². The molecule has 2 fully saturated rings. The highest BCUT2D eigenvalue weighted by Crippen LogP contribution is 2.30. The Kier molecular flexibility index (Phi) is 3.70. The monoisotopic (exact) mass is 269 g/mol. The lowest BCUT2D eigenvalue weighted by Crippen LogP contribution is -2.53. The van der Waals surface area contributed by atoms with Gasteiger partial charge >= 0.3 is 0 Å². The number of piperidine rings is 2. The van der Waals surface area contributed by atoms with E-state index in [4.69, 9.17) is 6.42 Å². The Morgan fingerprint density at radius 2 is 2.05 bits per heavy atom. The van der Waals surface area contributed by atoms with E-state index in [0.29, 0.717) is 18.4 Å². The van der Waals surface area contributed by atoms with Gasteiger partial charge in [-0.3, -0.25) is 4.90 Å². The van der Waals surface area contributed by atoms with Gasteiger partial charge < -0.3 is 9.69 Å². The summed E-state index contributed by atoms with van der Waals surface area (Å²) in [4.78, 5) is 19.8. The van der Waals surface area contributed by atoms with Gasteiger partial charge in [0.05, 0.1) is 6.54 Å². The number of hydrogen-bond acceptors (Lipinski definition) is 4. The van der Waals surface area contributed by atoms with Crippen LogP contribution in [0.4, 0.5) is 5.82 Å². The molecule has 3 heterocycles. The summed E-state index contributed by atoms with van der Waals surface area (Å²) < 4.78 is 0. The number of aldehydes is 1. The molecule has 2 aliphatic heterocycles. The quantitative estimate of drug-likeness (QED) is 0.606. The van der Waals surface area contributed by atoms with Crippen molar-refractivity contribution in [2.75, 3.05) is 37.6 Å². The van der Waals surface area contributed by atoms with Crippen LogP contribution in [0.2, 0.25) is 0 Å². The molecule has 20 heavy (non-hydrogen) atoms. The minimum atomic E-state index is 0.572. The zero-order valence-electron chi connectivity index (χ0n) is 11.5. The van der Waals surface area contributed by atoms with Gasteiger partial charge in [-0.15, -0.1) is 6.42 Å². The van der Waals surface area contributed by atoms with Crippen LogP contribution in [0.3, 0.4) is 0 Å². The van der Waals surface area contributed by atoms with Crippen LogP contribution in [0.5, 0.6) is 0 Å². The van der Waals surface area contributed by atoms with Crippen molar-refractivity contribution in [1.29, 1.82) is 0 Å². The molecule has 0 amide bonds. The van der Waals surface area contributed by atoms with Crippen molar-refractivity contribution >= 4 is 12.1 Å². The Balaban J connectivity index is 1.69. The fraction of sp³-hybridized carbons (Fsp3) is 0.500. The van der Waals surface area contributed by atoms with Gasteiger partial charge in [0, 0.05) is 37.9 Å². The summed E-state index contributed by atoms with van der Waals surface area (Å²) in [6.45, 7) is 4.66. The fourth-order valence-electron chi connectivity index (χ4n) is 3.49. The van der Waals surface area contributed by atoms with Gasteiger partial charge in [0.2, 0.25) is 0 Å². The molecule has 0 N–H and O–H groups in total. The smallest absolute Gasteiger partial charge is 0.133 e. The molecule has 0 saturated carbocycles. The first-order valence-electron chi connectivity index (χ1n) is 7.12. The van der Waals surface area contributed by atoms with Crippen LogP contribution >= 0.6 is 0 Å². The number of hydrogen-bond donors (Lipinski definition) is 0. The van der Waals surface area contributed by atoms with Gasteiger partial charge in [-0.1, -0.05) is 5.92 Å². The van der Waals surface area contributed by atoms with Gasteiger partial charge in [0.15, 0.2) is 0 Å². The van der Waals surface area contributed by atoms with E-state index in [1.807, 2.05) is 12.1 Å². The maximum Gasteiger partial charge on any atom is 0.133 e. The van der Waals surface area contributed by atoms with Crippen LogP contribution in [0.15, 0.2) is 18.3 Å². The molecule has 2 unspecified atom stereocenters. The predicted molar refractivity (Wildman–Crippen MR) is 78.5 cm³/mol. The average Bonchev–Trinajstić information content (AvgIpc) is 2.47. The second kappa shape index (κ2) is 5.64. The molecule has 2 bridgehead atoms. The van der Waals surface area contributed by atoms with Crippen LogP contribution in [0.1, 0.15) is 12.0 Å². The van der Waals surface area contributed by atoms with E-state index in [-0.39, 0.29) is 0 Å². The molecule has 0 aromatic carbocycles. The molecule has 4 heteroatoms. The largest absolute Gasteiger partial charge is 0.356 e. The van der Waals surface area contributed by atoms with Crippen molar-refractivity contribution in [2.24, 2.45) is 11.8 Å². The number of likely N-dealkylation sites (tertiary alicyclic amines) is 1. The van der Waals surface area contributed by atoms with E-state index in [2.05, 4.69) is 20.7 Å². The number of pyridine rings is 1. The minimum Gasteiger partial charge on any atom is -0.356 e. The molecule has 0 radical (unpaired) electrons. The summed E-state index contributed by atoms with van der Waals surface area (Å²) in [6, 6.07) is 3.96. The van der Waals surface area contributed by atoms with Crippen molar-refractivity contribution < 1.29 is 4.79 Å². The number of carbonyl (C=O) groups is 1. The minimum absolute atomic E-state index is 0.572. The Labute approximate surface area is 119 Å². The fourth-order valence-corrected chi connectivity index (χ4v) is 3.49. The van der Waals surface area contributed by atoms with E-state index in [1.165, 1.54) is 6.42 Å². The third kappa shape index (κ3) is 2.68. The summed E-state index contributed by atoms with van der Waals surface area (Å²) >= 11 is 0. The highest BCUT2D eigenvalue weighted by atomic mass is 16.1. The maximum atomic E-state index is 10.7. The van der Waals surface area contributed by atoms with Crippen LogP contribution in [-0.4, -0.2) is 48.9 Å². The zero-order valence-corrected chi connectivity index (χ0v) is 11.5. The molecule has 104 valence electrons. The highest BCUT2D eigenvalue weighted by Gasteiger charge is 2.34. The Morgan fingerprint density at radius 1 is 1.30 bits per heavy atom. The summed E-state index contributed by atoms with van der Waals surface area (Å²) in [5.74, 6) is 4.88. The number of terminal acetylenes is 1. The van der Waals surface area contributed by atoms with Gasteiger partial charge in [-0.2, -0.15) is 0 Å². The zero-order chi connectivity index (χ0) is 13.9. The van der Waals surface area contributed by atoms with E-state index in [0.717, 1.165) is 43.8 Å². The number of anilines is 1. The van der Waals surface area contributed by atoms with Crippen LogP contribution in [-0.2, 0) is 4.79 Å². The Bertz CT molecular complexity index is 506. The average molecular weight is 269 g/mol. The van der Waals surface area contributed by atoms with Crippen molar-refractivity contribution in [3.05, 3.63) is 23.9 Å². The molecule has 1 aromatic heterocycles. The molecule has 0 spiro atoms. The highest BCUT2D eigenvalue weighted by molar-refractivity contribution is 5.52. The first-order valence-corrected chi connectivity index (χ1v) is 7.12. The maximum absolute atomic E-state index is 10.7. The second-order valence-electron chi connectivity index (χ2n) is 5.81. The summed E-state index contributed by atoms with van der Waals surface area (Å²) in [6.07, 6.45) is 9.41. The van der Waals surface area contributed by atoms with Crippen LogP contribution < -0.4 is 4.90 Å². The molecule has 1 aromatic rings. The lowest BCUT2D eigenvalue weighted by molar-refractivity contribution is -0.109.